The highest BCUT2D eigenvalue weighted by atomic mass is 16.1. The van der Waals surface area contributed by atoms with Gasteiger partial charge in [0.15, 0.2) is 10.9 Å². The Hall–Kier alpha value is -3.60. The summed E-state index contributed by atoms with van der Waals surface area (Å²) in [6, 6.07) is 15.1. The summed E-state index contributed by atoms with van der Waals surface area (Å²) in [4.78, 5) is 35.5. The Morgan fingerprint density at radius 2 is 1.52 bits per heavy atom. The predicted octanol–water partition coefficient (Wildman–Crippen LogP) is 4.30. The number of para-hydroxylation sites is 2. The Balaban J connectivity index is 2.11. The first-order valence-electron chi connectivity index (χ1n) is 9.74. The van der Waals surface area contributed by atoms with Crippen LogP contribution in [0.4, 0.5) is 5.69 Å². The van der Waals surface area contributed by atoms with E-state index < -0.39 is 0 Å². The lowest BCUT2D eigenvalue weighted by Crippen LogP contribution is -2.17. The molecular formula is C24H21N3O2. The van der Waals surface area contributed by atoms with Crippen LogP contribution in [0.3, 0.4) is 0 Å². The lowest BCUT2D eigenvalue weighted by molar-refractivity contribution is 1.14. The summed E-state index contributed by atoms with van der Waals surface area (Å²) in [5.41, 5.74) is 4.72. The van der Waals surface area contributed by atoms with E-state index in [4.69, 9.17) is 0 Å². The second kappa shape index (κ2) is 6.21. The summed E-state index contributed by atoms with van der Waals surface area (Å²) in [7, 11) is 3.79. The number of H-pyrrole nitrogens is 2. The third-order valence-electron chi connectivity index (χ3n) is 5.69. The summed E-state index contributed by atoms with van der Waals surface area (Å²) in [6.07, 6.45) is 0.818. The van der Waals surface area contributed by atoms with Crippen molar-refractivity contribution in [1.82, 2.24) is 9.97 Å². The molecule has 5 aromatic rings. The molecule has 2 heterocycles. The van der Waals surface area contributed by atoms with Crippen molar-refractivity contribution in [2.45, 2.75) is 13.3 Å². The van der Waals surface area contributed by atoms with Crippen LogP contribution in [0, 0.1) is 0 Å². The van der Waals surface area contributed by atoms with E-state index in [0.717, 1.165) is 28.7 Å². The van der Waals surface area contributed by atoms with Gasteiger partial charge in [-0.25, -0.2) is 0 Å². The normalized spacial score (nSPS) is 11.7. The van der Waals surface area contributed by atoms with E-state index in [9.17, 15) is 9.59 Å². The van der Waals surface area contributed by atoms with Gasteiger partial charge in [0.1, 0.15) is 0 Å². The fourth-order valence-electron chi connectivity index (χ4n) is 4.32. The molecule has 0 aliphatic heterocycles. The number of nitrogens with zero attached hydrogens (tertiary/aromatic N) is 1. The minimum absolute atomic E-state index is 0.0244. The Labute approximate surface area is 166 Å². The second-order valence-electron chi connectivity index (χ2n) is 7.61. The molecule has 0 spiro atoms. The summed E-state index contributed by atoms with van der Waals surface area (Å²) in [5.74, 6) is 0. The van der Waals surface area contributed by atoms with E-state index >= 15 is 0 Å². The van der Waals surface area contributed by atoms with Crippen LogP contribution in [0.25, 0.3) is 43.6 Å². The van der Waals surface area contributed by atoms with Gasteiger partial charge in [0.25, 0.3) is 0 Å². The third-order valence-corrected chi connectivity index (χ3v) is 5.69. The van der Waals surface area contributed by atoms with Crippen molar-refractivity contribution in [3.8, 4) is 0 Å². The van der Waals surface area contributed by atoms with Gasteiger partial charge in [0, 0.05) is 30.4 Å². The van der Waals surface area contributed by atoms with Gasteiger partial charge in [-0.3, -0.25) is 9.59 Å². The van der Waals surface area contributed by atoms with Crippen LogP contribution < -0.4 is 15.8 Å². The van der Waals surface area contributed by atoms with E-state index in [1.807, 2.05) is 67.5 Å². The van der Waals surface area contributed by atoms with Crippen molar-refractivity contribution in [3.63, 3.8) is 0 Å². The highest BCUT2D eigenvalue weighted by Crippen LogP contribution is 2.32. The number of pyridine rings is 2. The molecule has 0 saturated carbocycles. The number of aryl methyl sites for hydroxylation is 1. The van der Waals surface area contributed by atoms with Crippen LogP contribution >= 0.6 is 0 Å². The zero-order valence-electron chi connectivity index (χ0n) is 16.6. The molecule has 0 saturated heterocycles. The molecule has 0 atom stereocenters. The summed E-state index contributed by atoms with van der Waals surface area (Å²) in [6.45, 7) is 2.07. The second-order valence-corrected chi connectivity index (χ2v) is 7.61. The Bertz CT molecular complexity index is 1560. The zero-order chi connectivity index (χ0) is 20.3. The Morgan fingerprint density at radius 1 is 0.793 bits per heavy atom. The fraction of sp³-hybridized carbons (Fsp3) is 0.167. The molecule has 0 fully saturated rings. The van der Waals surface area contributed by atoms with Gasteiger partial charge in [-0.2, -0.15) is 0 Å². The van der Waals surface area contributed by atoms with Crippen molar-refractivity contribution < 1.29 is 0 Å². The predicted molar refractivity (Wildman–Crippen MR) is 121 cm³/mol. The molecule has 0 amide bonds. The van der Waals surface area contributed by atoms with E-state index in [1.165, 1.54) is 0 Å². The lowest BCUT2D eigenvalue weighted by atomic mass is 10.0. The zero-order valence-corrected chi connectivity index (χ0v) is 16.6. The monoisotopic (exact) mass is 383 g/mol. The number of rotatable bonds is 2. The number of hydrogen-bond acceptors (Lipinski definition) is 3. The van der Waals surface area contributed by atoms with Gasteiger partial charge in [-0.1, -0.05) is 31.2 Å². The van der Waals surface area contributed by atoms with Crippen molar-refractivity contribution >= 4 is 49.3 Å². The molecule has 0 unspecified atom stereocenters. The topological polar surface area (TPSA) is 69.0 Å². The van der Waals surface area contributed by atoms with Gasteiger partial charge >= 0.3 is 0 Å². The quantitative estimate of drug-likeness (QED) is 0.447. The SMILES string of the molecule is CCc1cccc2c(=O)c3c(N(C)C)c4[nH]c5ccccc5c(=O)c4cc3[nH]c12. The average molecular weight is 383 g/mol. The third kappa shape index (κ3) is 2.40. The van der Waals surface area contributed by atoms with Crippen molar-refractivity contribution in [2.24, 2.45) is 0 Å². The van der Waals surface area contributed by atoms with E-state index in [-0.39, 0.29) is 10.9 Å². The number of aromatic amines is 2. The highest BCUT2D eigenvalue weighted by Gasteiger charge is 2.18. The number of nitrogens with one attached hydrogen (secondary N) is 2. The van der Waals surface area contributed by atoms with Crippen molar-refractivity contribution in [3.05, 3.63) is 74.5 Å². The number of fused-ring (bicyclic) bond motifs is 4. The maximum atomic E-state index is 13.5. The number of aromatic nitrogens is 2. The number of benzene rings is 3. The molecule has 2 N–H and O–H groups in total. The van der Waals surface area contributed by atoms with Gasteiger partial charge in [0.2, 0.25) is 0 Å². The number of hydrogen-bond donors (Lipinski definition) is 2. The van der Waals surface area contributed by atoms with Gasteiger partial charge in [-0.15, -0.1) is 0 Å². The molecule has 29 heavy (non-hydrogen) atoms. The minimum atomic E-state index is -0.0379. The van der Waals surface area contributed by atoms with E-state index in [0.29, 0.717) is 32.6 Å². The highest BCUT2D eigenvalue weighted by molar-refractivity contribution is 6.13. The molecule has 0 aliphatic carbocycles. The van der Waals surface area contributed by atoms with Crippen LogP contribution in [-0.2, 0) is 6.42 Å². The molecule has 5 heteroatoms. The van der Waals surface area contributed by atoms with Crippen molar-refractivity contribution in [1.29, 1.82) is 0 Å². The van der Waals surface area contributed by atoms with Gasteiger partial charge < -0.3 is 14.9 Å². The van der Waals surface area contributed by atoms with Crippen LogP contribution in [0.2, 0.25) is 0 Å². The van der Waals surface area contributed by atoms with Crippen LogP contribution in [0.15, 0.2) is 58.1 Å². The first-order chi connectivity index (χ1) is 14.0. The van der Waals surface area contributed by atoms with Crippen LogP contribution in [-0.4, -0.2) is 24.1 Å². The van der Waals surface area contributed by atoms with Crippen LogP contribution in [0.1, 0.15) is 12.5 Å². The first kappa shape index (κ1) is 17.5. The maximum Gasteiger partial charge on any atom is 0.199 e. The largest absolute Gasteiger partial charge is 0.375 e. The van der Waals surface area contributed by atoms with Gasteiger partial charge in [-0.05, 0) is 36.2 Å². The molecule has 3 aromatic carbocycles. The van der Waals surface area contributed by atoms with Crippen LogP contribution in [0.5, 0.6) is 0 Å². The lowest BCUT2D eigenvalue weighted by Gasteiger charge is -2.19. The molecular weight excluding hydrogens is 362 g/mol. The van der Waals surface area contributed by atoms with Crippen molar-refractivity contribution in [2.75, 3.05) is 19.0 Å². The number of anilines is 1. The minimum Gasteiger partial charge on any atom is -0.375 e. The standard InChI is InChI=1S/C24H21N3O2/c1-4-13-8-7-10-15-20(13)26-18-12-16-21(22(27(2)3)19(18)24(15)29)25-17-11-6-5-9-14(17)23(16)28/h5-12H,4H2,1-3H3,(H,25,28)(H,26,29). The summed E-state index contributed by atoms with van der Waals surface area (Å²) >= 11 is 0. The maximum absolute atomic E-state index is 13.5. The summed E-state index contributed by atoms with van der Waals surface area (Å²) in [5, 5.41) is 2.47. The molecule has 2 aromatic heterocycles. The molecule has 0 aliphatic rings. The van der Waals surface area contributed by atoms with Gasteiger partial charge in [0.05, 0.1) is 33.0 Å². The first-order valence-corrected chi connectivity index (χ1v) is 9.74. The van der Waals surface area contributed by atoms with E-state index in [2.05, 4.69) is 16.9 Å². The molecule has 5 rings (SSSR count). The molecule has 0 bridgehead atoms. The molecule has 144 valence electrons. The molecule has 5 nitrogen and oxygen atoms in total. The smallest absolute Gasteiger partial charge is 0.199 e. The average Bonchev–Trinajstić information content (AvgIpc) is 2.72. The Kier molecular flexibility index (Phi) is 3.74. The van der Waals surface area contributed by atoms with E-state index in [1.54, 1.807) is 0 Å². The molecule has 0 radical (unpaired) electrons. The Morgan fingerprint density at radius 3 is 2.28 bits per heavy atom. The summed E-state index contributed by atoms with van der Waals surface area (Å²) < 4.78 is 0. The fourth-order valence-corrected chi connectivity index (χ4v) is 4.32.